The van der Waals surface area contributed by atoms with Crippen molar-refractivity contribution >= 4 is 0 Å². The molecule has 0 aliphatic heterocycles. The maximum atomic E-state index is 9.94. The number of nitrogens with zero attached hydrogens (tertiary/aromatic N) is 3. The summed E-state index contributed by atoms with van der Waals surface area (Å²) >= 11 is 0. The Balaban J connectivity index is 3.69. The zero-order chi connectivity index (χ0) is 7.28. The lowest BCUT2D eigenvalue weighted by atomic mass is 10.9. The molecule has 9 heavy (non-hydrogen) atoms. The fourth-order valence-electron chi connectivity index (χ4n) is 0.196. The van der Waals surface area contributed by atoms with Crippen molar-refractivity contribution in [2.75, 3.05) is 6.61 Å². The van der Waals surface area contributed by atoms with Crippen LogP contribution in [0.1, 0.15) is 6.92 Å². The zero-order valence-electron chi connectivity index (χ0n) is 4.68. The highest BCUT2D eigenvalue weighted by atomic mass is 16.9. The lowest BCUT2D eigenvalue weighted by molar-refractivity contribution is -0.847. The van der Waals surface area contributed by atoms with E-state index in [-0.39, 0.29) is 6.61 Å². The molecular weight excluding hydrogens is 130 g/mol. The smallest absolute Gasteiger partial charge is 0.376 e. The molecule has 0 radical (unpaired) electrons. The third-order valence-electron chi connectivity index (χ3n) is 0.386. The van der Waals surface area contributed by atoms with Gasteiger partial charge in [-0.15, -0.1) is 0 Å². The number of rotatable bonds is 3. The van der Waals surface area contributed by atoms with Gasteiger partial charge in [-0.25, -0.2) is 15.3 Å². The Morgan fingerprint density at radius 1 is 1.67 bits per heavy atom. The molecule has 0 N–H and O–H groups in total. The molecule has 0 aliphatic carbocycles. The summed E-state index contributed by atoms with van der Waals surface area (Å²) in [7, 11) is 0. The molecule has 52 valence electrons. The maximum absolute atomic E-state index is 9.94. The van der Waals surface area contributed by atoms with Gasteiger partial charge < -0.3 is 4.84 Å². The van der Waals surface area contributed by atoms with E-state index in [0.717, 1.165) is 0 Å². The van der Waals surface area contributed by atoms with E-state index in [0.29, 0.717) is 0 Å². The van der Waals surface area contributed by atoms with E-state index in [2.05, 4.69) is 10.1 Å². The van der Waals surface area contributed by atoms with Crippen LogP contribution in [-0.2, 0) is 4.84 Å². The van der Waals surface area contributed by atoms with Crippen LogP contribution in [0.5, 0.6) is 0 Å². The van der Waals surface area contributed by atoms with E-state index in [1.54, 1.807) is 0 Å². The van der Waals surface area contributed by atoms with Gasteiger partial charge in [-0.2, -0.15) is 0 Å². The van der Waals surface area contributed by atoms with Gasteiger partial charge in [-0.05, 0) is 0 Å². The van der Waals surface area contributed by atoms with Gasteiger partial charge in [0.15, 0.2) is 0 Å². The lowest BCUT2D eigenvalue weighted by Gasteiger charge is -1.90. The molecule has 0 spiro atoms. The maximum Gasteiger partial charge on any atom is 0.399 e. The van der Waals surface area contributed by atoms with Gasteiger partial charge in [-0.3, -0.25) is 0 Å². The summed E-state index contributed by atoms with van der Waals surface area (Å²) in [4.78, 5) is 13.4. The Kier molecular flexibility index (Phi) is 3.03. The molecule has 0 heterocycles. The molecule has 0 fully saturated rings. The van der Waals surface area contributed by atoms with Crippen molar-refractivity contribution in [3.63, 3.8) is 0 Å². The normalized spacial score (nSPS) is 11.0. The van der Waals surface area contributed by atoms with Crippen LogP contribution in [-0.4, -0.2) is 16.7 Å². The third-order valence-corrected chi connectivity index (χ3v) is 0.386. The predicted octanol–water partition coefficient (Wildman–Crippen LogP) is 0.0921. The number of hydrogen-bond donors (Lipinski definition) is 0. The SMILES string of the molecule is CCO[N+]([O-])=N[N+](=O)[O-]. The summed E-state index contributed by atoms with van der Waals surface area (Å²) in [5, 5.41) is 20.0. The minimum Gasteiger partial charge on any atom is -0.376 e. The largest absolute Gasteiger partial charge is 0.399 e. The highest BCUT2D eigenvalue weighted by Crippen LogP contribution is 1.78. The molecule has 0 saturated carbocycles. The van der Waals surface area contributed by atoms with Gasteiger partial charge in [0.2, 0.25) is 5.02 Å². The first-order valence-corrected chi connectivity index (χ1v) is 2.13. The van der Waals surface area contributed by atoms with Gasteiger partial charge in [-0.1, -0.05) is 6.92 Å². The van der Waals surface area contributed by atoms with Crippen LogP contribution in [0, 0.1) is 15.3 Å². The summed E-state index contributed by atoms with van der Waals surface area (Å²) in [5.41, 5.74) is 0. The van der Waals surface area contributed by atoms with E-state index >= 15 is 0 Å². The van der Waals surface area contributed by atoms with Crippen molar-refractivity contribution in [2.24, 2.45) is 5.22 Å². The average Bonchev–Trinajstić information content (AvgIpc) is 1.63. The Bertz CT molecular complexity index is 132. The molecule has 0 aromatic rings. The molecular formula is C2H5N3O4. The number of nitro groups is 1. The minimum atomic E-state index is -1.14. The van der Waals surface area contributed by atoms with E-state index in [1.165, 1.54) is 6.92 Å². The molecule has 0 aliphatic rings. The van der Waals surface area contributed by atoms with Gasteiger partial charge in [0, 0.05) is 0 Å². The summed E-state index contributed by atoms with van der Waals surface area (Å²) in [6.45, 7) is 1.57. The van der Waals surface area contributed by atoms with Crippen molar-refractivity contribution < 1.29 is 14.9 Å². The van der Waals surface area contributed by atoms with Gasteiger partial charge in [0.25, 0.3) is 5.03 Å². The second kappa shape index (κ2) is 3.58. The highest BCUT2D eigenvalue weighted by Gasteiger charge is 2.01. The van der Waals surface area contributed by atoms with Gasteiger partial charge >= 0.3 is 5.22 Å². The Hall–Kier alpha value is -1.40. The molecule has 0 saturated heterocycles. The summed E-state index contributed by atoms with van der Waals surface area (Å²) in [5.74, 6) is 0. The summed E-state index contributed by atoms with van der Waals surface area (Å²) in [6.07, 6.45) is 0. The van der Waals surface area contributed by atoms with Crippen LogP contribution in [0.4, 0.5) is 0 Å². The molecule has 0 aromatic heterocycles. The molecule has 7 heteroatoms. The van der Waals surface area contributed by atoms with E-state index in [1.807, 2.05) is 0 Å². The van der Waals surface area contributed by atoms with Crippen LogP contribution >= 0.6 is 0 Å². The van der Waals surface area contributed by atoms with E-state index < -0.39 is 10.1 Å². The van der Waals surface area contributed by atoms with Crippen molar-refractivity contribution in [3.8, 4) is 0 Å². The highest BCUT2D eigenvalue weighted by molar-refractivity contribution is 3.95. The van der Waals surface area contributed by atoms with Crippen molar-refractivity contribution in [1.29, 1.82) is 0 Å². The van der Waals surface area contributed by atoms with Crippen LogP contribution in [0.25, 0.3) is 0 Å². The second-order valence-corrected chi connectivity index (χ2v) is 0.983. The standard InChI is InChI=1S/C2H5N3O4/c1-2-9-5(8)3-4(6)7/h2H2,1H3. The predicted molar refractivity (Wildman–Crippen MR) is 24.7 cm³/mol. The van der Waals surface area contributed by atoms with Crippen LogP contribution in [0.15, 0.2) is 5.22 Å². The van der Waals surface area contributed by atoms with Crippen molar-refractivity contribution in [2.45, 2.75) is 6.92 Å². The van der Waals surface area contributed by atoms with Crippen molar-refractivity contribution in [3.05, 3.63) is 15.3 Å². The third kappa shape index (κ3) is 4.45. The van der Waals surface area contributed by atoms with Gasteiger partial charge in [0.05, 0.1) is 6.61 Å². The minimum absolute atomic E-state index is 0.0564. The Morgan fingerprint density at radius 3 is 2.56 bits per heavy atom. The summed E-state index contributed by atoms with van der Waals surface area (Å²) < 4.78 is 0. The molecule has 7 nitrogen and oxygen atoms in total. The second-order valence-electron chi connectivity index (χ2n) is 0.983. The van der Waals surface area contributed by atoms with Crippen LogP contribution in [0.2, 0.25) is 0 Å². The Labute approximate surface area is 50.2 Å². The van der Waals surface area contributed by atoms with E-state index in [9.17, 15) is 15.3 Å². The first kappa shape index (κ1) is 7.60. The van der Waals surface area contributed by atoms with Crippen LogP contribution in [0.3, 0.4) is 0 Å². The summed E-state index contributed by atoms with van der Waals surface area (Å²) in [6, 6.07) is 0. The number of hydrogen-bond acceptors (Lipinski definition) is 4. The average molecular weight is 135 g/mol. The fourth-order valence-corrected chi connectivity index (χ4v) is 0.196. The quantitative estimate of drug-likeness (QED) is 0.311. The molecule has 0 atom stereocenters. The monoisotopic (exact) mass is 135 g/mol. The van der Waals surface area contributed by atoms with Crippen molar-refractivity contribution in [1.82, 2.24) is 0 Å². The first-order chi connectivity index (χ1) is 4.16. The van der Waals surface area contributed by atoms with Gasteiger partial charge in [0.1, 0.15) is 0 Å². The molecule has 0 aromatic carbocycles. The van der Waals surface area contributed by atoms with Crippen LogP contribution < -0.4 is 0 Å². The first-order valence-electron chi connectivity index (χ1n) is 2.13. The lowest BCUT2D eigenvalue weighted by Crippen LogP contribution is -2.04. The zero-order valence-corrected chi connectivity index (χ0v) is 4.68. The topological polar surface area (TPSA) is 90.8 Å². The molecule has 0 amide bonds. The Morgan fingerprint density at radius 2 is 2.22 bits per heavy atom. The molecule has 0 bridgehead atoms. The van der Waals surface area contributed by atoms with E-state index in [4.69, 9.17) is 0 Å². The molecule has 0 rings (SSSR count). The fraction of sp³-hybridized carbons (Fsp3) is 1.00. The molecule has 0 unspecified atom stereocenters.